The Hall–Kier alpha value is -3.14. The zero-order chi connectivity index (χ0) is 24.4. The van der Waals surface area contributed by atoms with Crippen molar-refractivity contribution >= 4 is 23.6 Å². The van der Waals surface area contributed by atoms with Crippen LogP contribution in [0.2, 0.25) is 0 Å². The summed E-state index contributed by atoms with van der Waals surface area (Å²) in [6, 6.07) is 6.24. The van der Waals surface area contributed by atoms with E-state index < -0.39 is 35.6 Å². The number of fused-ring (bicyclic) bond motifs is 11. The average Bonchev–Trinajstić information content (AvgIpc) is 2.80. The van der Waals surface area contributed by atoms with Crippen molar-refractivity contribution in [2.45, 2.75) is 45.6 Å². The van der Waals surface area contributed by atoms with Crippen molar-refractivity contribution in [1.29, 1.82) is 0 Å². The van der Waals surface area contributed by atoms with Crippen LogP contribution in [0.4, 0.5) is 0 Å². The Morgan fingerprint density at radius 3 is 2.48 bits per heavy atom. The van der Waals surface area contributed by atoms with Gasteiger partial charge in [-0.25, -0.2) is 5.48 Å². The molecule has 2 aliphatic heterocycles. The minimum Gasteiger partial charge on any atom is -0.494 e. The highest BCUT2D eigenvalue weighted by atomic mass is 16.5. The van der Waals surface area contributed by atoms with E-state index in [0.29, 0.717) is 31.6 Å². The van der Waals surface area contributed by atoms with E-state index in [-0.39, 0.29) is 24.8 Å². The van der Waals surface area contributed by atoms with Crippen LogP contribution in [0.25, 0.3) is 0 Å². The van der Waals surface area contributed by atoms with Crippen LogP contribution in [0.15, 0.2) is 24.3 Å². The van der Waals surface area contributed by atoms with Crippen LogP contribution >= 0.6 is 0 Å². The molecule has 0 radical (unpaired) electrons. The molecule has 182 valence electrons. The van der Waals surface area contributed by atoms with Gasteiger partial charge in [0.05, 0.1) is 19.1 Å². The van der Waals surface area contributed by atoms with Crippen molar-refractivity contribution in [3.8, 4) is 5.75 Å². The number of carbonyl (C=O) groups is 4. The van der Waals surface area contributed by atoms with Gasteiger partial charge in [-0.3, -0.25) is 24.4 Å². The van der Waals surface area contributed by atoms with Gasteiger partial charge in [0.2, 0.25) is 23.6 Å². The molecule has 10 nitrogen and oxygen atoms in total. The molecule has 2 aliphatic rings. The number of ether oxygens (including phenoxy) is 1. The molecule has 0 aliphatic carbocycles. The Morgan fingerprint density at radius 2 is 1.88 bits per heavy atom. The third-order valence-corrected chi connectivity index (χ3v) is 5.62. The molecular weight excluding hydrogens is 428 g/mol. The first-order chi connectivity index (χ1) is 15.7. The van der Waals surface area contributed by atoms with Gasteiger partial charge in [-0.2, -0.15) is 0 Å². The molecular formula is C23H34N4O6. The average molecular weight is 463 g/mol. The van der Waals surface area contributed by atoms with E-state index in [4.69, 9.17) is 4.74 Å². The van der Waals surface area contributed by atoms with Crippen molar-refractivity contribution in [3.63, 3.8) is 0 Å². The van der Waals surface area contributed by atoms with Crippen LogP contribution in [0.5, 0.6) is 5.75 Å². The number of hydrogen-bond donors (Lipinski definition) is 5. The Balaban J connectivity index is 2.36. The topological polar surface area (TPSA) is 146 Å². The Kier molecular flexibility index (Phi) is 10.1. The predicted molar refractivity (Wildman–Crippen MR) is 120 cm³/mol. The molecule has 1 aromatic rings. The Labute approximate surface area is 193 Å². The molecule has 3 atom stereocenters. The van der Waals surface area contributed by atoms with Gasteiger partial charge in [-0.1, -0.05) is 26.0 Å². The molecule has 0 aromatic heterocycles. The number of likely N-dealkylation sites (N-methyl/N-ethyl adjacent to an activating group) is 1. The minimum atomic E-state index is -0.954. The molecule has 0 spiro atoms. The molecule has 0 unspecified atom stereocenters. The molecule has 4 amide bonds. The molecule has 10 heteroatoms. The van der Waals surface area contributed by atoms with Crippen LogP contribution in [0.3, 0.4) is 0 Å². The SMILES string of the molecule is CNC(=O)CNC(=O)[C@@H]1Cc2ccc(cc2)OCCC[C@H](C(=O)NO)[C@@H](CC(C)C)C(=O)N1. The highest BCUT2D eigenvalue weighted by Gasteiger charge is 2.36. The maximum absolute atomic E-state index is 13.4. The van der Waals surface area contributed by atoms with E-state index >= 15 is 0 Å². The second-order valence-corrected chi connectivity index (χ2v) is 8.61. The second kappa shape index (κ2) is 12.8. The smallest absolute Gasteiger partial charge is 0.247 e. The van der Waals surface area contributed by atoms with Crippen LogP contribution < -0.4 is 26.2 Å². The van der Waals surface area contributed by atoms with E-state index in [9.17, 15) is 24.4 Å². The molecule has 0 saturated carbocycles. The van der Waals surface area contributed by atoms with E-state index in [1.54, 1.807) is 17.6 Å². The highest BCUT2D eigenvalue weighted by Crippen LogP contribution is 2.27. The quantitative estimate of drug-likeness (QED) is 0.308. The third kappa shape index (κ3) is 8.05. The maximum atomic E-state index is 13.4. The largest absolute Gasteiger partial charge is 0.494 e. The van der Waals surface area contributed by atoms with Gasteiger partial charge >= 0.3 is 0 Å². The van der Waals surface area contributed by atoms with E-state index in [1.165, 1.54) is 7.05 Å². The molecule has 2 heterocycles. The number of hydroxylamine groups is 1. The Bertz CT molecular complexity index is 827. The summed E-state index contributed by atoms with van der Waals surface area (Å²) in [5, 5.41) is 17.0. The summed E-state index contributed by atoms with van der Waals surface area (Å²) in [5.41, 5.74) is 2.47. The van der Waals surface area contributed by atoms with Crippen molar-refractivity contribution in [1.82, 2.24) is 21.4 Å². The summed E-state index contributed by atoms with van der Waals surface area (Å²) in [4.78, 5) is 50.2. The van der Waals surface area contributed by atoms with E-state index in [0.717, 1.165) is 5.56 Å². The van der Waals surface area contributed by atoms with Crippen LogP contribution in [0, 0.1) is 17.8 Å². The van der Waals surface area contributed by atoms with Crippen molar-refractivity contribution in [2.24, 2.45) is 17.8 Å². The molecule has 2 bridgehead atoms. The fourth-order valence-corrected chi connectivity index (χ4v) is 3.88. The second-order valence-electron chi connectivity index (χ2n) is 8.61. The lowest BCUT2D eigenvalue weighted by Gasteiger charge is -2.28. The number of nitrogens with one attached hydrogen (secondary N) is 4. The standard InChI is InChI=1S/C23H34N4O6/c1-14(2)11-18-17(22(30)27-32)5-4-10-33-16-8-6-15(7-9-16)12-19(26-21(18)29)23(31)25-13-20(28)24-3/h6-9,14,17-19,32H,4-5,10-13H2,1-3H3,(H,24,28)(H,25,31)(H,26,29)(H,27,30)/t17-,18+,19-/m0/s1. The molecule has 33 heavy (non-hydrogen) atoms. The summed E-state index contributed by atoms with van der Waals surface area (Å²) in [6.07, 6.45) is 1.41. The first-order valence-corrected chi connectivity index (χ1v) is 11.2. The number of carbonyl (C=O) groups excluding carboxylic acids is 4. The van der Waals surface area contributed by atoms with Crippen molar-refractivity contribution < 1.29 is 29.1 Å². The van der Waals surface area contributed by atoms with Crippen LogP contribution in [-0.4, -0.2) is 55.1 Å². The van der Waals surface area contributed by atoms with Crippen LogP contribution in [0.1, 0.15) is 38.7 Å². The lowest BCUT2D eigenvalue weighted by Crippen LogP contribution is -2.53. The molecule has 1 aromatic carbocycles. The summed E-state index contributed by atoms with van der Waals surface area (Å²) in [5.74, 6) is -2.77. The van der Waals surface area contributed by atoms with Gasteiger partial charge in [-0.15, -0.1) is 0 Å². The summed E-state index contributed by atoms with van der Waals surface area (Å²) in [6.45, 7) is 4.00. The van der Waals surface area contributed by atoms with Crippen molar-refractivity contribution in [2.75, 3.05) is 20.2 Å². The fourth-order valence-electron chi connectivity index (χ4n) is 3.88. The zero-order valence-electron chi connectivity index (χ0n) is 19.3. The minimum absolute atomic E-state index is 0.0946. The van der Waals surface area contributed by atoms with E-state index in [2.05, 4.69) is 16.0 Å². The number of rotatable bonds is 6. The van der Waals surface area contributed by atoms with Gasteiger partial charge in [0.25, 0.3) is 0 Å². The fraction of sp³-hybridized carbons (Fsp3) is 0.565. The Morgan fingerprint density at radius 1 is 1.18 bits per heavy atom. The number of amides is 4. The number of hydrogen-bond acceptors (Lipinski definition) is 6. The van der Waals surface area contributed by atoms with Crippen molar-refractivity contribution in [3.05, 3.63) is 29.8 Å². The lowest BCUT2D eigenvalue weighted by molar-refractivity contribution is -0.142. The molecule has 0 saturated heterocycles. The first kappa shape index (κ1) is 26.1. The normalized spacial score (nSPS) is 21.4. The van der Waals surface area contributed by atoms with E-state index in [1.807, 2.05) is 26.0 Å². The monoisotopic (exact) mass is 462 g/mol. The lowest BCUT2D eigenvalue weighted by atomic mass is 9.81. The molecule has 0 fully saturated rings. The van der Waals surface area contributed by atoms with Gasteiger partial charge < -0.3 is 20.7 Å². The predicted octanol–water partition coefficient (Wildman–Crippen LogP) is 0.533. The van der Waals surface area contributed by atoms with Gasteiger partial charge in [0.15, 0.2) is 0 Å². The summed E-state index contributed by atoms with van der Waals surface area (Å²) >= 11 is 0. The zero-order valence-corrected chi connectivity index (χ0v) is 19.3. The summed E-state index contributed by atoms with van der Waals surface area (Å²) < 4.78 is 5.74. The first-order valence-electron chi connectivity index (χ1n) is 11.2. The highest BCUT2D eigenvalue weighted by molar-refractivity contribution is 5.93. The number of benzene rings is 1. The van der Waals surface area contributed by atoms with Crippen LogP contribution in [-0.2, 0) is 25.6 Å². The molecule has 5 N–H and O–H groups in total. The van der Waals surface area contributed by atoms with Gasteiger partial charge in [0, 0.05) is 19.4 Å². The van der Waals surface area contributed by atoms with Gasteiger partial charge in [-0.05, 0) is 42.9 Å². The molecule has 3 rings (SSSR count). The maximum Gasteiger partial charge on any atom is 0.247 e. The summed E-state index contributed by atoms with van der Waals surface area (Å²) in [7, 11) is 1.46. The third-order valence-electron chi connectivity index (χ3n) is 5.62. The van der Waals surface area contributed by atoms with Gasteiger partial charge in [0.1, 0.15) is 11.8 Å².